The maximum absolute atomic E-state index is 12.8. The summed E-state index contributed by atoms with van der Waals surface area (Å²) in [6.07, 6.45) is 1.30. The molecular formula is C21H12Cl2N2O4S. The van der Waals surface area contributed by atoms with Gasteiger partial charge < -0.3 is 4.42 Å². The van der Waals surface area contributed by atoms with Crippen LogP contribution in [0.15, 0.2) is 80.6 Å². The zero-order valence-electron chi connectivity index (χ0n) is 15.1. The first kappa shape index (κ1) is 20.3. The van der Waals surface area contributed by atoms with Gasteiger partial charge in [0.25, 0.3) is 11.8 Å². The van der Waals surface area contributed by atoms with Crippen molar-refractivity contribution < 1.29 is 18.8 Å². The average Bonchev–Trinajstić information content (AvgIpc) is 3.15. The normalized spacial score (nSPS) is 15.6. The summed E-state index contributed by atoms with van der Waals surface area (Å²) in [5.74, 6) is -1.25. The molecule has 0 radical (unpaired) electrons. The molecule has 30 heavy (non-hydrogen) atoms. The SMILES string of the molecule is O=C1NC(=O)N(c2ccc(Cl)cc2)C(=O)/C1=C\c1ccc(Sc2ccc(Cl)cc2)o1. The highest BCUT2D eigenvalue weighted by Crippen LogP contribution is 2.31. The standard InChI is InChI=1S/C21H12Cl2N2O4S/c22-12-1-5-14(6-2-12)25-20(27)17(19(26)24-21(25)28)11-15-7-10-18(29-15)30-16-8-3-13(23)4-9-16/h1-11H,(H,24,26,28)/b17-11-. The lowest BCUT2D eigenvalue weighted by Gasteiger charge is -2.26. The zero-order chi connectivity index (χ0) is 21.3. The Morgan fingerprint density at radius 3 is 2.17 bits per heavy atom. The minimum atomic E-state index is -0.831. The van der Waals surface area contributed by atoms with Crippen molar-refractivity contribution in [3.63, 3.8) is 0 Å². The number of carbonyl (C=O) groups is 3. The van der Waals surface area contributed by atoms with E-state index in [-0.39, 0.29) is 5.57 Å². The second-order valence-corrected chi connectivity index (χ2v) is 8.10. The number of hydrogen-bond acceptors (Lipinski definition) is 5. The number of hydrogen-bond donors (Lipinski definition) is 1. The summed E-state index contributed by atoms with van der Waals surface area (Å²) in [5, 5.41) is 3.82. The molecule has 4 amide bonds. The highest BCUT2D eigenvalue weighted by atomic mass is 35.5. The van der Waals surface area contributed by atoms with Gasteiger partial charge in [0.1, 0.15) is 11.3 Å². The van der Waals surface area contributed by atoms with Crippen LogP contribution in [0.1, 0.15) is 5.76 Å². The van der Waals surface area contributed by atoms with E-state index in [4.69, 9.17) is 27.6 Å². The number of amides is 4. The Morgan fingerprint density at radius 2 is 1.50 bits per heavy atom. The van der Waals surface area contributed by atoms with Gasteiger partial charge in [0.2, 0.25) is 0 Å². The number of halogens is 2. The van der Waals surface area contributed by atoms with Gasteiger partial charge >= 0.3 is 6.03 Å². The lowest BCUT2D eigenvalue weighted by molar-refractivity contribution is -0.122. The highest BCUT2D eigenvalue weighted by molar-refractivity contribution is 7.99. The van der Waals surface area contributed by atoms with Crippen LogP contribution in [-0.2, 0) is 9.59 Å². The fraction of sp³-hybridized carbons (Fsp3) is 0. The molecule has 0 unspecified atom stereocenters. The van der Waals surface area contributed by atoms with Crippen LogP contribution in [0.2, 0.25) is 10.0 Å². The third-order valence-electron chi connectivity index (χ3n) is 4.11. The largest absolute Gasteiger partial charge is 0.450 e. The van der Waals surface area contributed by atoms with Gasteiger partial charge in [-0.05, 0) is 66.7 Å². The summed E-state index contributed by atoms with van der Waals surface area (Å²) >= 11 is 13.1. The number of barbiturate groups is 1. The van der Waals surface area contributed by atoms with E-state index in [9.17, 15) is 14.4 Å². The number of benzene rings is 2. The molecular weight excluding hydrogens is 447 g/mol. The van der Waals surface area contributed by atoms with E-state index in [2.05, 4.69) is 5.32 Å². The summed E-state index contributed by atoms with van der Waals surface area (Å²) in [5.41, 5.74) is 0.0701. The number of urea groups is 1. The van der Waals surface area contributed by atoms with Gasteiger partial charge in [-0.25, -0.2) is 9.69 Å². The third-order valence-corrected chi connectivity index (χ3v) is 5.54. The fourth-order valence-corrected chi connectivity index (χ4v) is 3.74. The van der Waals surface area contributed by atoms with Crippen LogP contribution in [0, 0.1) is 0 Å². The number of carbonyl (C=O) groups excluding carboxylic acids is 3. The zero-order valence-corrected chi connectivity index (χ0v) is 17.4. The second kappa shape index (κ2) is 8.39. The smallest absolute Gasteiger partial charge is 0.335 e. The molecule has 1 aliphatic heterocycles. The number of imide groups is 2. The molecule has 1 aromatic heterocycles. The Bertz CT molecular complexity index is 1170. The Labute approximate surface area is 185 Å². The van der Waals surface area contributed by atoms with Crippen molar-refractivity contribution >= 4 is 64.6 Å². The molecule has 0 saturated carbocycles. The van der Waals surface area contributed by atoms with Gasteiger partial charge in [0.05, 0.1) is 5.69 Å². The first-order valence-corrected chi connectivity index (χ1v) is 10.2. The second-order valence-electron chi connectivity index (χ2n) is 6.15. The molecule has 150 valence electrons. The minimum absolute atomic E-state index is 0.220. The minimum Gasteiger partial charge on any atom is -0.450 e. The number of furan rings is 1. The van der Waals surface area contributed by atoms with Crippen LogP contribution in [0.25, 0.3) is 6.08 Å². The molecule has 6 nitrogen and oxygen atoms in total. The quantitative estimate of drug-likeness (QED) is 0.417. The third kappa shape index (κ3) is 4.28. The summed E-state index contributed by atoms with van der Waals surface area (Å²) < 4.78 is 5.70. The first-order chi connectivity index (χ1) is 14.4. The van der Waals surface area contributed by atoms with Crippen molar-refractivity contribution in [2.24, 2.45) is 0 Å². The number of rotatable bonds is 4. The molecule has 3 aromatic rings. The van der Waals surface area contributed by atoms with E-state index in [1.54, 1.807) is 36.4 Å². The molecule has 0 spiro atoms. The predicted octanol–water partition coefficient (Wildman–Crippen LogP) is 5.40. The van der Waals surface area contributed by atoms with E-state index in [0.29, 0.717) is 26.6 Å². The number of nitrogens with one attached hydrogen (secondary N) is 1. The van der Waals surface area contributed by atoms with Crippen molar-refractivity contribution in [1.82, 2.24) is 5.32 Å². The molecule has 1 N–H and O–H groups in total. The lowest BCUT2D eigenvalue weighted by Crippen LogP contribution is -2.54. The van der Waals surface area contributed by atoms with Crippen molar-refractivity contribution in [3.05, 3.63) is 82.0 Å². The molecule has 0 aliphatic carbocycles. The van der Waals surface area contributed by atoms with Gasteiger partial charge in [-0.3, -0.25) is 14.9 Å². The molecule has 0 bridgehead atoms. The Balaban J connectivity index is 1.59. The van der Waals surface area contributed by atoms with E-state index in [0.717, 1.165) is 9.80 Å². The van der Waals surface area contributed by atoms with Crippen LogP contribution in [0.5, 0.6) is 0 Å². The molecule has 1 fully saturated rings. The highest BCUT2D eigenvalue weighted by Gasteiger charge is 2.37. The summed E-state index contributed by atoms with van der Waals surface area (Å²) in [6.45, 7) is 0. The first-order valence-electron chi connectivity index (χ1n) is 8.61. The molecule has 2 aromatic carbocycles. The van der Waals surface area contributed by atoms with Crippen molar-refractivity contribution in [3.8, 4) is 0 Å². The summed E-state index contributed by atoms with van der Waals surface area (Å²) in [7, 11) is 0. The van der Waals surface area contributed by atoms with E-state index < -0.39 is 17.8 Å². The lowest BCUT2D eigenvalue weighted by atomic mass is 10.1. The Hall–Kier alpha value is -3.00. The van der Waals surface area contributed by atoms with Crippen LogP contribution >= 0.6 is 35.0 Å². The Kier molecular flexibility index (Phi) is 5.67. The monoisotopic (exact) mass is 458 g/mol. The van der Waals surface area contributed by atoms with Crippen molar-refractivity contribution in [2.75, 3.05) is 4.90 Å². The molecule has 2 heterocycles. The summed E-state index contributed by atoms with van der Waals surface area (Å²) in [4.78, 5) is 39.1. The molecule has 1 saturated heterocycles. The average molecular weight is 459 g/mol. The molecule has 4 rings (SSSR count). The van der Waals surface area contributed by atoms with E-state index in [1.807, 2.05) is 12.1 Å². The maximum atomic E-state index is 12.8. The maximum Gasteiger partial charge on any atom is 0.335 e. The van der Waals surface area contributed by atoms with Crippen molar-refractivity contribution in [2.45, 2.75) is 9.99 Å². The molecule has 0 atom stereocenters. The fourth-order valence-electron chi connectivity index (χ4n) is 2.71. The van der Waals surface area contributed by atoms with Crippen LogP contribution in [-0.4, -0.2) is 17.8 Å². The van der Waals surface area contributed by atoms with Crippen LogP contribution in [0.4, 0.5) is 10.5 Å². The van der Waals surface area contributed by atoms with Gasteiger partial charge in [-0.1, -0.05) is 35.0 Å². The van der Waals surface area contributed by atoms with Crippen LogP contribution < -0.4 is 10.2 Å². The molecule has 9 heteroatoms. The van der Waals surface area contributed by atoms with Crippen molar-refractivity contribution in [1.29, 1.82) is 0 Å². The van der Waals surface area contributed by atoms with E-state index in [1.165, 1.54) is 30.0 Å². The molecule has 1 aliphatic rings. The van der Waals surface area contributed by atoms with Gasteiger partial charge in [-0.2, -0.15) is 0 Å². The van der Waals surface area contributed by atoms with Gasteiger partial charge in [0.15, 0.2) is 5.09 Å². The number of anilines is 1. The van der Waals surface area contributed by atoms with E-state index >= 15 is 0 Å². The van der Waals surface area contributed by atoms with Gasteiger partial charge in [-0.15, -0.1) is 0 Å². The van der Waals surface area contributed by atoms with Gasteiger partial charge in [0, 0.05) is 14.9 Å². The Morgan fingerprint density at radius 1 is 0.867 bits per heavy atom. The predicted molar refractivity (Wildman–Crippen MR) is 115 cm³/mol. The number of nitrogens with zero attached hydrogens (tertiary/aromatic N) is 1. The summed E-state index contributed by atoms with van der Waals surface area (Å²) in [6, 6.07) is 15.9. The topological polar surface area (TPSA) is 79.6 Å². The van der Waals surface area contributed by atoms with Crippen LogP contribution in [0.3, 0.4) is 0 Å².